The Morgan fingerprint density at radius 3 is 2.57 bits per heavy atom. The van der Waals surface area contributed by atoms with E-state index in [1.54, 1.807) is 18.9 Å². The SMILES string of the molecule is CCCNC(=O)CSc1nnc(SCc2ccc(OC)cc2)s1. The summed E-state index contributed by atoms with van der Waals surface area (Å²) in [5, 5.41) is 11.1. The number of hydrogen-bond acceptors (Lipinski definition) is 7. The van der Waals surface area contributed by atoms with Gasteiger partial charge in [-0.15, -0.1) is 10.2 Å². The molecule has 1 aromatic carbocycles. The molecule has 1 amide bonds. The van der Waals surface area contributed by atoms with Gasteiger partial charge in [-0.25, -0.2) is 0 Å². The summed E-state index contributed by atoms with van der Waals surface area (Å²) in [5.74, 6) is 2.12. The molecular formula is C15H19N3O2S3. The van der Waals surface area contributed by atoms with Crippen molar-refractivity contribution in [2.45, 2.75) is 27.8 Å². The fourth-order valence-corrected chi connectivity index (χ4v) is 4.43. The smallest absolute Gasteiger partial charge is 0.230 e. The van der Waals surface area contributed by atoms with Crippen LogP contribution in [0.3, 0.4) is 0 Å². The maximum absolute atomic E-state index is 11.6. The van der Waals surface area contributed by atoms with Crippen molar-refractivity contribution in [2.75, 3.05) is 19.4 Å². The highest BCUT2D eigenvalue weighted by atomic mass is 32.2. The number of nitrogens with one attached hydrogen (secondary N) is 1. The van der Waals surface area contributed by atoms with Crippen LogP contribution in [0.2, 0.25) is 0 Å². The topological polar surface area (TPSA) is 64.1 Å². The summed E-state index contributed by atoms with van der Waals surface area (Å²) in [6.45, 7) is 2.75. The van der Waals surface area contributed by atoms with E-state index < -0.39 is 0 Å². The maximum atomic E-state index is 11.6. The molecule has 0 saturated carbocycles. The molecule has 1 aromatic heterocycles. The molecule has 0 unspecified atom stereocenters. The molecule has 0 saturated heterocycles. The van der Waals surface area contributed by atoms with Gasteiger partial charge in [0.05, 0.1) is 12.9 Å². The monoisotopic (exact) mass is 369 g/mol. The highest BCUT2D eigenvalue weighted by Gasteiger charge is 2.08. The quantitative estimate of drug-likeness (QED) is 0.683. The van der Waals surface area contributed by atoms with Crippen LogP contribution < -0.4 is 10.1 Å². The highest BCUT2D eigenvalue weighted by Crippen LogP contribution is 2.30. The van der Waals surface area contributed by atoms with Gasteiger partial charge in [-0.1, -0.05) is 53.9 Å². The lowest BCUT2D eigenvalue weighted by atomic mass is 10.2. The van der Waals surface area contributed by atoms with Crippen molar-refractivity contribution in [3.8, 4) is 5.75 Å². The molecule has 23 heavy (non-hydrogen) atoms. The zero-order valence-electron chi connectivity index (χ0n) is 13.1. The minimum Gasteiger partial charge on any atom is -0.497 e. The molecule has 0 aliphatic carbocycles. The number of aromatic nitrogens is 2. The molecule has 0 aliphatic heterocycles. The Hall–Kier alpha value is -1.25. The van der Waals surface area contributed by atoms with Crippen LogP contribution in [0, 0.1) is 0 Å². The predicted molar refractivity (Wildman–Crippen MR) is 96.5 cm³/mol. The van der Waals surface area contributed by atoms with Gasteiger partial charge in [0, 0.05) is 12.3 Å². The number of methoxy groups -OCH3 is 1. The van der Waals surface area contributed by atoms with Gasteiger partial charge in [-0.2, -0.15) is 0 Å². The van der Waals surface area contributed by atoms with Crippen molar-refractivity contribution < 1.29 is 9.53 Å². The molecule has 8 heteroatoms. The van der Waals surface area contributed by atoms with Crippen molar-refractivity contribution >= 4 is 40.8 Å². The Bertz CT molecular complexity index is 617. The van der Waals surface area contributed by atoms with E-state index in [0.717, 1.165) is 33.1 Å². The molecule has 0 fully saturated rings. The zero-order valence-corrected chi connectivity index (χ0v) is 15.5. The Balaban J connectivity index is 1.76. The highest BCUT2D eigenvalue weighted by molar-refractivity contribution is 8.03. The fraction of sp³-hybridized carbons (Fsp3) is 0.400. The summed E-state index contributed by atoms with van der Waals surface area (Å²) >= 11 is 4.60. The maximum Gasteiger partial charge on any atom is 0.230 e. The third-order valence-electron chi connectivity index (χ3n) is 2.81. The summed E-state index contributed by atoms with van der Waals surface area (Å²) in [6.07, 6.45) is 0.946. The third-order valence-corrected chi connectivity index (χ3v) is 6.07. The van der Waals surface area contributed by atoms with Crippen LogP contribution in [-0.4, -0.2) is 35.5 Å². The average Bonchev–Trinajstić information content (AvgIpc) is 3.04. The summed E-state index contributed by atoms with van der Waals surface area (Å²) in [6, 6.07) is 7.99. The number of ether oxygens (including phenoxy) is 1. The molecule has 1 heterocycles. The molecule has 0 spiro atoms. The lowest BCUT2D eigenvalue weighted by Gasteiger charge is -2.01. The molecule has 0 atom stereocenters. The van der Waals surface area contributed by atoms with Crippen LogP contribution in [0.25, 0.3) is 0 Å². The number of carbonyl (C=O) groups is 1. The van der Waals surface area contributed by atoms with E-state index in [1.807, 2.05) is 31.2 Å². The van der Waals surface area contributed by atoms with Crippen molar-refractivity contribution in [1.82, 2.24) is 15.5 Å². The number of amides is 1. The standard InChI is InChI=1S/C15H19N3O2S3/c1-3-8-16-13(19)10-22-15-18-17-14(23-15)21-9-11-4-6-12(20-2)7-5-11/h4-7H,3,8-10H2,1-2H3,(H,16,19). The van der Waals surface area contributed by atoms with E-state index >= 15 is 0 Å². The van der Waals surface area contributed by atoms with Gasteiger partial charge in [0.1, 0.15) is 5.75 Å². The van der Waals surface area contributed by atoms with Gasteiger partial charge >= 0.3 is 0 Å². The van der Waals surface area contributed by atoms with Crippen LogP contribution in [0.5, 0.6) is 5.75 Å². The first kappa shape index (κ1) is 18.1. The molecule has 0 aliphatic rings. The first-order valence-corrected chi connectivity index (χ1v) is 9.98. The number of hydrogen-bond donors (Lipinski definition) is 1. The molecule has 0 bridgehead atoms. The van der Waals surface area contributed by atoms with Crippen LogP contribution in [0.15, 0.2) is 32.9 Å². The summed E-state index contributed by atoms with van der Waals surface area (Å²) < 4.78 is 6.89. The minimum atomic E-state index is 0.0412. The number of rotatable bonds is 9. The lowest BCUT2D eigenvalue weighted by Crippen LogP contribution is -2.25. The van der Waals surface area contributed by atoms with E-state index in [0.29, 0.717) is 5.75 Å². The van der Waals surface area contributed by atoms with Crippen molar-refractivity contribution in [3.63, 3.8) is 0 Å². The Kier molecular flexibility index (Phi) is 7.70. The molecular weight excluding hydrogens is 350 g/mol. The Morgan fingerprint density at radius 1 is 1.22 bits per heavy atom. The van der Waals surface area contributed by atoms with Crippen LogP contribution >= 0.6 is 34.9 Å². The van der Waals surface area contributed by atoms with Gasteiger partial charge in [-0.3, -0.25) is 4.79 Å². The van der Waals surface area contributed by atoms with Crippen LogP contribution in [0.1, 0.15) is 18.9 Å². The first-order chi connectivity index (χ1) is 11.2. The van der Waals surface area contributed by atoms with Gasteiger partial charge < -0.3 is 10.1 Å². The van der Waals surface area contributed by atoms with Crippen molar-refractivity contribution in [1.29, 1.82) is 0 Å². The fourth-order valence-electron chi connectivity index (χ4n) is 1.62. The van der Waals surface area contributed by atoms with Gasteiger partial charge in [0.2, 0.25) is 5.91 Å². The van der Waals surface area contributed by atoms with E-state index in [1.165, 1.54) is 28.7 Å². The molecule has 0 radical (unpaired) electrons. The van der Waals surface area contributed by atoms with Crippen molar-refractivity contribution in [2.24, 2.45) is 0 Å². The van der Waals surface area contributed by atoms with E-state index in [-0.39, 0.29) is 5.91 Å². The molecule has 1 N–H and O–H groups in total. The molecule has 124 valence electrons. The third kappa shape index (κ3) is 6.40. The second-order valence-corrected chi connectivity index (χ2v) is 8.03. The summed E-state index contributed by atoms with van der Waals surface area (Å²) in [7, 11) is 1.66. The van der Waals surface area contributed by atoms with E-state index in [9.17, 15) is 4.79 Å². The van der Waals surface area contributed by atoms with E-state index in [4.69, 9.17) is 4.74 Å². The second kappa shape index (κ2) is 9.79. The van der Waals surface area contributed by atoms with Gasteiger partial charge in [0.15, 0.2) is 8.68 Å². The van der Waals surface area contributed by atoms with E-state index in [2.05, 4.69) is 15.5 Å². The largest absolute Gasteiger partial charge is 0.497 e. The predicted octanol–water partition coefficient (Wildman–Crippen LogP) is 3.46. The summed E-state index contributed by atoms with van der Waals surface area (Å²) in [4.78, 5) is 11.6. The number of carbonyl (C=O) groups excluding carboxylic acids is 1. The van der Waals surface area contributed by atoms with Gasteiger partial charge in [-0.05, 0) is 24.1 Å². The average molecular weight is 370 g/mol. The Morgan fingerprint density at radius 2 is 1.91 bits per heavy atom. The molecule has 5 nitrogen and oxygen atoms in total. The number of benzene rings is 1. The molecule has 2 aromatic rings. The summed E-state index contributed by atoms with van der Waals surface area (Å²) in [5.41, 5.74) is 1.21. The zero-order chi connectivity index (χ0) is 16.5. The minimum absolute atomic E-state index is 0.0412. The van der Waals surface area contributed by atoms with Crippen molar-refractivity contribution in [3.05, 3.63) is 29.8 Å². The normalized spacial score (nSPS) is 10.5. The van der Waals surface area contributed by atoms with Crippen LogP contribution in [-0.2, 0) is 10.5 Å². The lowest BCUT2D eigenvalue weighted by molar-refractivity contribution is -0.118. The Labute approximate surface area is 148 Å². The molecule has 2 rings (SSSR count). The number of nitrogens with zero attached hydrogens (tertiary/aromatic N) is 2. The van der Waals surface area contributed by atoms with Crippen LogP contribution in [0.4, 0.5) is 0 Å². The first-order valence-electron chi connectivity index (χ1n) is 7.20. The van der Waals surface area contributed by atoms with Gasteiger partial charge in [0.25, 0.3) is 0 Å². The number of thioether (sulfide) groups is 2. The second-order valence-electron chi connectivity index (χ2n) is 4.61.